The SMILES string of the molecule is COC(=O)CC(NC(=O)c1cc(Cl)sc1Cl)c1ccc(Br)cc1. The smallest absolute Gasteiger partial charge is 0.307 e. The van der Waals surface area contributed by atoms with Crippen LogP contribution in [0.25, 0.3) is 0 Å². The maximum Gasteiger partial charge on any atom is 0.307 e. The molecule has 1 amide bonds. The number of methoxy groups -OCH3 is 1. The van der Waals surface area contributed by atoms with Crippen molar-refractivity contribution >= 4 is 62.3 Å². The molecule has 0 radical (unpaired) electrons. The van der Waals surface area contributed by atoms with E-state index >= 15 is 0 Å². The summed E-state index contributed by atoms with van der Waals surface area (Å²) in [6.45, 7) is 0. The molecule has 0 aliphatic heterocycles. The van der Waals surface area contributed by atoms with Crippen molar-refractivity contribution in [1.82, 2.24) is 5.32 Å². The Morgan fingerprint density at radius 1 is 1.30 bits per heavy atom. The van der Waals surface area contributed by atoms with Crippen molar-refractivity contribution in [3.63, 3.8) is 0 Å². The summed E-state index contributed by atoms with van der Waals surface area (Å²) in [6.07, 6.45) is 0.0133. The lowest BCUT2D eigenvalue weighted by Gasteiger charge is -2.18. The Morgan fingerprint density at radius 2 is 1.96 bits per heavy atom. The molecule has 1 atom stereocenters. The molecule has 0 saturated carbocycles. The van der Waals surface area contributed by atoms with Gasteiger partial charge < -0.3 is 10.1 Å². The summed E-state index contributed by atoms with van der Waals surface area (Å²) in [6, 6.07) is 8.28. The second-order valence-electron chi connectivity index (χ2n) is 4.60. The Hall–Kier alpha value is -1.08. The van der Waals surface area contributed by atoms with E-state index in [-0.39, 0.29) is 12.0 Å². The number of rotatable bonds is 5. The van der Waals surface area contributed by atoms with Gasteiger partial charge in [-0.25, -0.2) is 0 Å². The number of thiophene rings is 1. The van der Waals surface area contributed by atoms with Gasteiger partial charge in [-0.2, -0.15) is 0 Å². The average molecular weight is 437 g/mol. The van der Waals surface area contributed by atoms with Crippen LogP contribution in [-0.2, 0) is 9.53 Å². The van der Waals surface area contributed by atoms with Crippen LogP contribution in [0.4, 0.5) is 0 Å². The zero-order chi connectivity index (χ0) is 17.0. The minimum absolute atomic E-state index is 0.0133. The van der Waals surface area contributed by atoms with Crippen LogP contribution < -0.4 is 5.32 Å². The van der Waals surface area contributed by atoms with Crippen molar-refractivity contribution in [2.75, 3.05) is 7.11 Å². The first-order chi connectivity index (χ1) is 10.9. The molecule has 0 saturated heterocycles. The first-order valence-electron chi connectivity index (χ1n) is 6.48. The fraction of sp³-hybridized carbons (Fsp3) is 0.200. The molecule has 1 heterocycles. The third kappa shape index (κ3) is 4.94. The number of hydrogen-bond donors (Lipinski definition) is 1. The Labute approximate surface area is 155 Å². The van der Waals surface area contributed by atoms with Crippen molar-refractivity contribution in [3.05, 3.63) is 54.6 Å². The molecule has 8 heteroatoms. The van der Waals surface area contributed by atoms with Gasteiger partial charge in [-0.1, -0.05) is 51.3 Å². The van der Waals surface area contributed by atoms with Gasteiger partial charge in [0.05, 0.1) is 29.5 Å². The van der Waals surface area contributed by atoms with E-state index in [9.17, 15) is 9.59 Å². The lowest BCUT2D eigenvalue weighted by molar-refractivity contribution is -0.141. The fourth-order valence-electron chi connectivity index (χ4n) is 1.93. The van der Waals surface area contributed by atoms with Crippen LogP contribution in [0.3, 0.4) is 0 Å². The number of benzene rings is 1. The largest absolute Gasteiger partial charge is 0.469 e. The van der Waals surface area contributed by atoms with Crippen LogP contribution in [0, 0.1) is 0 Å². The number of carbonyl (C=O) groups is 2. The highest BCUT2D eigenvalue weighted by molar-refractivity contribution is 9.10. The Balaban J connectivity index is 2.23. The van der Waals surface area contributed by atoms with Crippen molar-refractivity contribution in [2.24, 2.45) is 0 Å². The predicted octanol–water partition coefficient (Wildman–Crippen LogP) is 4.85. The quantitative estimate of drug-likeness (QED) is 0.681. The van der Waals surface area contributed by atoms with Gasteiger partial charge in [0.2, 0.25) is 0 Å². The number of halogens is 3. The Morgan fingerprint density at radius 3 is 2.48 bits per heavy atom. The molecule has 2 rings (SSSR count). The molecule has 0 aliphatic rings. The van der Waals surface area contributed by atoms with Gasteiger partial charge in [0, 0.05) is 4.47 Å². The molecule has 0 fully saturated rings. The zero-order valence-electron chi connectivity index (χ0n) is 11.9. The number of nitrogens with one attached hydrogen (secondary N) is 1. The number of carbonyl (C=O) groups excluding carboxylic acids is 2. The highest BCUT2D eigenvalue weighted by atomic mass is 79.9. The highest BCUT2D eigenvalue weighted by Crippen LogP contribution is 2.31. The third-order valence-corrected chi connectivity index (χ3v) is 5.09. The summed E-state index contributed by atoms with van der Waals surface area (Å²) < 4.78 is 6.33. The molecule has 4 nitrogen and oxygen atoms in total. The molecule has 1 aromatic heterocycles. The average Bonchev–Trinajstić information content (AvgIpc) is 2.86. The van der Waals surface area contributed by atoms with E-state index in [0.29, 0.717) is 8.67 Å². The minimum atomic E-state index is -0.530. The molecule has 0 bridgehead atoms. The minimum Gasteiger partial charge on any atom is -0.469 e. The normalized spacial score (nSPS) is 11.8. The number of hydrogen-bond acceptors (Lipinski definition) is 4. The van der Waals surface area contributed by atoms with Crippen molar-refractivity contribution in [3.8, 4) is 0 Å². The molecule has 23 heavy (non-hydrogen) atoms. The standard InChI is InChI=1S/C15H12BrCl2NO3S/c1-22-13(20)7-11(8-2-4-9(16)5-3-8)19-15(21)10-6-12(17)23-14(10)18/h2-6,11H,7H2,1H3,(H,19,21). The van der Waals surface area contributed by atoms with Crippen LogP contribution in [0.1, 0.15) is 28.4 Å². The first-order valence-corrected chi connectivity index (χ1v) is 8.85. The maximum atomic E-state index is 12.4. The van der Waals surface area contributed by atoms with Gasteiger partial charge in [-0.3, -0.25) is 9.59 Å². The molecule has 2 aromatic rings. The zero-order valence-corrected chi connectivity index (χ0v) is 15.9. The number of ether oxygens (including phenoxy) is 1. The maximum absolute atomic E-state index is 12.4. The summed E-state index contributed by atoms with van der Waals surface area (Å²) >= 11 is 16.3. The van der Waals surface area contributed by atoms with Gasteiger partial charge in [0.1, 0.15) is 4.34 Å². The molecule has 0 aliphatic carbocycles. The van der Waals surface area contributed by atoms with E-state index in [1.807, 2.05) is 24.3 Å². The van der Waals surface area contributed by atoms with Crippen LogP contribution >= 0.6 is 50.5 Å². The lowest BCUT2D eigenvalue weighted by Crippen LogP contribution is -2.30. The number of amides is 1. The molecule has 1 aromatic carbocycles. The van der Waals surface area contributed by atoms with Crippen molar-refractivity contribution in [2.45, 2.75) is 12.5 Å². The van der Waals surface area contributed by atoms with Crippen molar-refractivity contribution < 1.29 is 14.3 Å². The van der Waals surface area contributed by atoms with E-state index in [2.05, 4.69) is 21.2 Å². The van der Waals surface area contributed by atoms with Crippen LogP contribution in [0.2, 0.25) is 8.67 Å². The lowest BCUT2D eigenvalue weighted by atomic mass is 10.0. The van der Waals surface area contributed by atoms with Crippen LogP contribution in [-0.4, -0.2) is 19.0 Å². The van der Waals surface area contributed by atoms with Gasteiger partial charge in [-0.05, 0) is 23.8 Å². The predicted molar refractivity (Wildman–Crippen MR) is 95.3 cm³/mol. The summed E-state index contributed by atoms with van der Waals surface area (Å²) in [4.78, 5) is 24.0. The fourth-order valence-corrected chi connectivity index (χ4v) is 3.65. The van der Waals surface area contributed by atoms with Crippen LogP contribution in [0.5, 0.6) is 0 Å². The summed E-state index contributed by atoms with van der Waals surface area (Å²) in [5.41, 5.74) is 1.07. The summed E-state index contributed by atoms with van der Waals surface area (Å²) in [7, 11) is 1.30. The summed E-state index contributed by atoms with van der Waals surface area (Å²) in [5.74, 6) is -0.817. The Bertz CT molecular complexity index is 718. The number of esters is 1. The highest BCUT2D eigenvalue weighted by Gasteiger charge is 2.22. The van der Waals surface area contributed by atoms with Gasteiger partial charge >= 0.3 is 5.97 Å². The molecule has 0 spiro atoms. The summed E-state index contributed by atoms with van der Waals surface area (Å²) in [5, 5.41) is 2.80. The Kier molecular flexibility index (Phi) is 6.47. The first kappa shape index (κ1) is 18.3. The molecule has 1 unspecified atom stereocenters. The van der Waals surface area contributed by atoms with Gasteiger partial charge in [0.25, 0.3) is 5.91 Å². The van der Waals surface area contributed by atoms with E-state index < -0.39 is 17.9 Å². The van der Waals surface area contributed by atoms with Crippen LogP contribution in [0.15, 0.2) is 34.8 Å². The second-order valence-corrected chi connectivity index (χ2v) is 7.80. The van der Waals surface area contributed by atoms with Gasteiger partial charge in [0.15, 0.2) is 0 Å². The topological polar surface area (TPSA) is 55.4 Å². The van der Waals surface area contributed by atoms with E-state index in [0.717, 1.165) is 21.4 Å². The van der Waals surface area contributed by atoms with E-state index in [1.165, 1.54) is 13.2 Å². The molecule has 1 N–H and O–H groups in total. The molecular weight excluding hydrogens is 425 g/mol. The van der Waals surface area contributed by atoms with Crippen molar-refractivity contribution in [1.29, 1.82) is 0 Å². The second kappa shape index (κ2) is 8.15. The third-order valence-electron chi connectivity index (χ3n) is 3.08. The molecular formula is C15H12BrCl2NO3S. The van der Waals surface area contributed by atoms with E-state index in [1.54, 1.807) is 0 Å². The van der Waals surface area contributed by atoms with E-state index in [4.69, 9.17) is 27.9 Å². The molecule has 122 valence electrons. The van der Waals surface area contributed by atoms with Gasteiger partial charge in [-0.15, -0.1) is 11.3 Å². The monoisotopic (exact) mass is 435 g/mol.